The van der Waals surface area contributed by atoms with Gasteiger partial charge in [-0.25, -0.2) is 4.98 Å². The molecule has 0 bridgehead atoms. The van der Waals surface area contributed by atoms with E-state index >= 15 is 0 Å². The first-order chi connectivity index (χ1) is 14.7. The van der Waals surface area contributed by atoms with Gasteiger partial charge in [0.15, 0.2) is 5.78 Å². The summed E-state index contributed by atoms with van der Waals surface area (Å²) in [6.07, 6.45) is -2.16. The molecule has 1 aromatic heterocycles. The van der Waals surface area contributed by atoms with Crippen LogP contribution < -0.4 is 0 Å². The molecule has 1 N–H and O–H groups in total. The van der Waals surface area contributed by atoms with Crippen LogP contribution in [0.25, 0.3) is 22.2 Å². The smallest absolute Gasteiger partial charge is 0.415 e. The number of rotatable bonds is 8. The van der Waals surface area contributed by atoms with E-state index in [2.05, 4.69) is 23.1 Å². The highest BCUT2D eigenvalue weighted by Crippen LogP contribution is 2.28. The minimum atomic E-state index is -4.49. The topological polar surface area (TPSA) is 55.0 Å². The second kappa shape index (κ2) is 9.04. The van der Waals surface area contributed by atoms with E-state index in [1.807, 2.05) is 49.4 Å². The van der Waals surface area contributed by atoms with E-state index in [1.54, 1.807) is 0 Å². The second-order valence-corrected chi connectivity index (χ2v) is 6.85. The molecular formula is C24H21F3N2O2. The van der Waals surface area contributed by atoms with Gasteiger partial charge in [-0.2, -0.15) is 13.2 Å². The number of ketones is 1. The number of aromatic nitrogens is 2. The number of aromatic amines is 1. The highest BCUT2D eigenvalue weighted by atomic mass is 19.4. The van der Waals surface area contributed by atoms with Gasteiger partial charge in [-0.1, -0.05) is 50.4 Å². The lowest BCUT2D eigenvalue weighted by molar-refractivity contribution is -0.0878. The van der Waals surface area contributed by atoms with Crippen molar-refractivity contribution in [2.75, 3.05) is 0 Å². The van der Waals surface area contributed by atoms with Gasteiger partial charge < -0.3 is 9.72 Å². The van der Waals surface area contributed by atoms with Crippen LogP contribution in [-0.4, -0.2) is 21.9 Å². The Labute approximate surface area is 177 Å². The summed E-state index contributed by atoms with van der Waals surface area (Å²) in [6.45, 7) is 8.36. The van der Waals surface area contributed by atoms with Crippen LogP contribution >= 0.6 is 0 Å². The average molecular weight is 426 g/mol. The zero-order valence-electron chi connectivity index (χ0n) is 16.9. The maximum atomic E-state index is 12.5. The van der Waals surface area contributed by atoms with E-state index < -0.39 is 11.7 Å². The van der Waals surface area contributed by atoms with Crippen molar-refractivity contribution in [3.8, 4) is 11.1 Å². The van der Waals surface area contributed by atoms with Crippen molar-refractivity contribution >= 4 is 16.8 Å². The van der Waals surface area contributed by atoms with Crippen molar-refractivity contribution in [2.24, 2.45) is 0 Å². The minimum Gasteiger partial charge on any atom is -0.486 e. The highest BCUT2D eigenvalue weighted by molar-refractivity contribution is 6.02. The number of carbonyl (C=O) groups is 1. The van der Waals surface area contributed by atoms with Crippen molar-refractivity contribution in [2.45, 2.75) is 26.1 Å². The summed E-state index contributed by atoms with van der Waals surface area (Å²) in [5.41, 5.74) is 2.84. The number of nitrogens with zero attached hydrogens (tertiary/aromatic N) is 1. The third kappa shape index (κ3) is 5.31. The zero-order chi connectivity index (χ0) is 22.6. The summed E-state index contributed by atoms with van der Waals surface area (Å²) < 4.78 is 42.7. The van der Waals surface area contributed by atoms with Crippen LogP contribution in [0.15, 0.2) is 79.1 Å². The van der Waals surface area contributed by atoms with Gasteiger partial charge in [0, 0.05) is 17.6 Å². The largest absolute Gasteiger partial charge is 0.486 e. The Morgan fingerprint density at radius 3 is 2.61 bits per heavy atom. The molecule has 0 spiro atoms. The van der Waals surface area contributed by atoms with Crippen molar-refractivity contribution in [1.29, 1.82) is 0 Å². The van der Waals surface area contributed by atoms with E-state index in [0.717, 1.165) is 28.8 Å². The standard InChI is InChI=1S/C24H21F3N2O2/c1-4-22(30)19-8-6-5-7-18(19)17-11-12-20-21(13-17)29-23(28-20)14-31-16(3)10-9-15(2)24(25,26)27/h5-13H,2-4,14H2,1H3,(H,28,29)/b10-9-. The number of ether oxygens (including phenoxy) is 1. The quantitative estimate of drug-likeness (QED) is 0.253. The fraction of sp³-hybridized carbons (Fsp3) is 0.167. The van der Waals surface area contributed by atoms with E-state index in [0.29, 0.717) is 23.3 Å². The number of hydrogen-bond donors (Lipinski definition) is 1. The predicted molar refractivity (Wildman–Crippen MR) is 114 cm³/mol. The molecule has 0 amide bonds. The molecule has 160 valence electrons. The summed E-state index contributed by atoms with van der Waals surface area (Å²) in [5, 5.41) is 0. The lowest BCUT2D eigenvalue weighted by atomic mass is 9.96. The van der Waals surface area contributed by atoms with Crippen LogP contribution in [-0.2, 0) is 11.3 Å². The molecule has 3 rings (SSSR count). The Bertz CT molecular complexity index is 1170. The number of carbonyl (C=O) groups excluding carboxylic acids is 1. The van der Waals surface area contributed by atoms with E-state index in [4.69, 9.17) is 4.74 Å². The van der Waals surface area contributed by atoms with Crippen molar-refractivity contribution in [1.82, 2.24) is 9.97 Å². The Hall–Kier alpha value is -3.61. The molecule has 0 saturated heterocycles. The molecule has 1 heterocycles. The van der Waals surface area contributed by atoms with Crippen molar-refractivity contribution < 1.29 is 22.7 Å². The van der Waals surface area contributed by atoms with Crippen molar-refractivity contribution in [3.63, 3.8) is 0 Å². The van der Waals surface area contributed by atoms with Crippen LogP contribution in [0.2, 0.25) is 0 Å². The summed E-state index contributed by atoms with van der Waals surface area (Å²) in [4.78, 5) is 19.8. The van der Waals surface area contributed by atoms with Crippen LogP contribution in [0, 0.1) is 0 Å². The van der Waals surface area contributed by atoms with Crippen LogP contribution in [0.1, 0.15) is 29.5 Å². The molecule has 0 aliphatic carbocycles. The number of fused-ring (bicyclic) bond motifs is 1. The zero-order valence-corrected chi connectivity index (χ0v) is 16.9. The second-order valence-electron chi connectivity index (χ2n) is 6.85. The van der Waals surface area contributed by atoms with Crippen LogP contribution in [0.4, 0.5) is 13.2 Å². The fourth-order valence-corrected chi connectivity index (χ4v) is 2.96. The maximum Gasteiger partial charge on any atom is 0.415 e. The van der Waals surface area contributed by atoms with E-state index in [9.17, 15) is 18.0 Å². The Kier molecular flexibility index (Phi) is 6.44. The molecule has 31 heavy (non-hydrogen) atoms. The predicted octanol–water partition coefficient (Wildman–Crippen LogP) is 6.53. The first-order valence-corrected chi connectivity index (χ1v) is 9.56. The molecule has 3 aromatic rings. The first kappa shape index (κ1) is 22.1. The number of nitrogens with one attached hydrogen (secondary N) is 1. The molecule has 0 aliphatic heterocycles. The van der Waals surface area contributed by atoms with Crippen LogP contribution in [0.3, 0.4) is 0 Å². The molecule has 0 radical (unpaired) electrons. The van der Waals surface area contributed by atoms with E-state index in [-0.39, 0.29) is 18.1 Å². The Balaban J connectivity index is 1.75. The minimum absolute atomic E-state index is 0.0105. The Morgan fingerprint density at radius 2 is 1.90 bits per heavy atom. The van der Waals surface area contributed by atoms with Gasteiger partial charge in [0.1, 0.15) is 18.2 Å². The van der Waals surface area contributed by atoms with Gasteiger partial charge in [0.25, 0.3) is 0 Å². The van der Waals surface area contributed by atoms with Gasteiger partial charge in [0.05, 0.1) is 11.0 Å². The molecule has 0 unspecified atom stereocenters. The molecule has 0 fully saturated rings. The number of alkyl halides is 3. The number of hydrogen-bond acceptors (Lipinski definition) is 3. The highest BCUT2D eigenvalue weighted by Gasteiger charge is 2.29. The molecule has 0 aliphatic rings. The van der Waals surface area contributed by atoms with Gasteiger partial charge >= 0.3 is 6.18 Å². The number of Topliss-reactive ketones (excluding diaryl/α,β-unsaturated/α-hetero) is 1. The van der Waals surface area contributed by atoms with Gasteiger partial charge in [-0.15, -0.1) is 0 Å². The number of allylic oxidation sites excluding steroid dienone is 3. The molecule has 0 saturated carbocycles. The lowest BCUT2D eigenvalue weighted by Crippen LogP contribution is -2.08. The molecular weight excluding hydrogens is 405 g/mol. The van der Waals surface area contributed by atoms with Gasteiger partial charge in [-0.3, -0.25) is 4.79 Å². The number of H-pyrrole nitrogens is 1. The van der Waals surface area contributed by atoms with Gasteiger partial charge in [-0.05, 0) is 35.4 Å². The molecule has 2 aromatic carbocycles. The normalized spacial score (nSPS) is 11.7. The first-order valence-electron chi connectivity index (χ1n) is 9.56. The molecule has 4 nitrogen and oxygen atoms in total. The number of benzene rings is 2. The number of imidazole rings is 1. The summed E-state index contributed by atoms with van der Waals surface area (Å²) >= 11 is 0. The van der Waals surface area contributed by atoms with Crippen LogP contribution in [0.5, 0.6) is 0 Å². The number of halogens is 3. The summed E-state index contributed by atoms with van der Waals surface area (Å²) in [6, 6.07) is 13.0. The SMILES string of the molecule is C=C(/C=C\C(=C)C(F)(F)F)OCc1nc2ccc(-c3ccccc3C(=O)CC)cc2[nH]1. The summed E-state index contributed by atoms with van der Waals surface area (Å²) in [5.74, 6) is 0.613. The average Bonchev–Trinajstić information content (AvgIpc) is 3.16. The van der Waals surface area contributed by atoms with Crippen molar-refractivity contribution in [3.05, 3.63) is 90.5 Å². The fourth-order valence-electron chi connectivity index (χ4n) is 2.96. The molecule has 0 atom stereocenters. The third-order valence-corrected chi connectivity index (χ3v) is 4.62. The molecule has 7 heteroatoms. The van der Waals surface area contributed by atoms with Gasteiger partial charge in [0.2, 0.25) is 0 Å². The third-order valence-electron chi connectivity index (χ3n) is 4.62. The Morgan fingerprint density at radius 1 is 1.16 bits per heavy atom. The summed E-state index contributed by atoms with van der Waals surface area (Å²) in [7, 11) is 0. The van der Waals surface area contributed by atoms with E-state index in [1.165, 1.54) is 0 Å². The maximum absolute atomic E-state index is 12.5. The monoisotopic (exact) mass is 426 g/mol. The lowest BCUT2D eigenvalue weighted by Gasteiger charge is -2.08.